The van der Waals surface area contributed by atoms with E-state index in [-0.39, 0.29) is 22.6 Å². The van der Waals surface area contributed by atoms with Crippen molar-refractivity contribution < 1.29 is 9.72 Å². The first kappa shape index (κ1) is 11.9. The molecule has 0 spiro atoms. The van der Waals surface area contributed by atoms with Crippen LogP contribution in [-0.4, -0.2) is 10.7 Å². The summed E-state index contributed by atoms with van der Waals surface area (Å²) < 4.78 is 0. The largest absolute Gasteiger partial charge is 0.294 e. The summed E-state index contributed by atoms with van der Waals surface area (Å²) in [4.78, 5) is 21.5. The van der Waals surface area contributed by atoms with Crippen molar-refractivity contribution in [3.63, 3.8) is 0 Å². The van der Waals surface area contributed by atoms with Gasteiger partial charge in [-0.15, -0.1) is 0 Å². The van der Waals surface area contributed by atoms with Crippen LogP contribution in [0.4, 0.5) is 5.69 Å². The maximum Gasteiger partial charge on any atom is 0.273 e. The van der Waals surface area contributed by atoms with Gasteiger partial charge in [0.15, 0.2) is 5.78 Å². The Hall–Kier alpha value is -2.22. The van der Waals surface area contributed by atoms with Gasteiger partial charge in [-0.1, -0.05) is 6.92 Å². The number of rotatable bonds is 3. The molecule has 82 valence electrons. The zero-order valence-corrected chi connectivity index (χ0v) is 8.98. The molecule has 0 bridgehead atoms. The number of benzene rings is 1. The number of nitrogens with zero attached hydrogens (tertiary/aromatic N) is 2. The van der Waals surface area contributed by atoms with Crippen molar-refractivity contribution in [1.82, 2.24) is 0 Å². The van der Waals surface area contributed by atoms with Crippen molar-refractivity contribution in [3.8, 4) is 6.07 Å². The van der Waals surface area contributed by atoms with Gasteiger partial charge in [-0.25, -0.2) is 0 Å². The minimum Gasteiger partial charge on any atom is -0.294 e. The normalized spacial score (nSPS) is 9.56. The van der Waals surface area contributed by atoms with E-state index in [2.05, 4.69) is 0 Å². The Labute approximate surface area is 92.5 Å². The Balaban J connectivity index is 3.54. The first-order valence-corrected chi connectivity index (χ1v) is 4.73. The van der Waals surface area contributed by atoms with Gasteiger partial charge in [-0.05, 0) is 19.4 Å². The van der Waals surface area contributed by atoms with E-state index in [0.29, 0.717) is 12.0 Å². The molecule has 16 heavy (non-hydrogen) atoms. The summed E-state index contributed by atoms with van der Waals surface area (Å²) in [6, 6.07) is 4.47. The first-order valence-electron chi connectivity index (χ1n) is 4.73. The smallest absolute Gasteiger partial charge is 0.273 e. The fraction of sp³-hybridized carbons (Fsp3) is 0.273. The average molecular weight is 218 g/mol. The second-order valence-electron chi connectivity index (χ2n) is 3.31. The summed E-state index contributed by atoms with van der Waals surface area (Å²) in [5.41, 5.74) is 0.652. The van der Waals surface area contributed by atoms with Gasteiger partial charge < -0.3 is 0 Å². The van der Waals surface area contributed by atoms with E-state index >= 15 is 0 Å². The van der Waals surface area contributed by atoms with Crippen LogP contribution in [0, 0.1) is 21.4 Å². The van der Waals surface area contributed by atoms with E-state index in [0.717, 1.165) is 0 Å². The summed E-state index contributed by atoms with van der Waals surface area (Å²) >= 11 is 0. The molecule has 0 atom stereocenters. The number of nitriles is 1. The fourth-order valence-electron chi connectivity index (χ4n) is 1.47. The molecule has 1 aromatic rings. The summed E-state index contributed by atoms with van der Waals surface area (Å²) in [7, 11) is 0. The molecule has 1 aromatic carbocycles. The van der Waals surface area contributed by atoms with Gasteiger partial charge in [0.1, 0.15) is 0 Å². The molecule has 0 heterocycles. The Morgan fingerprint density at radius 3 is 2.56 bits per heavy atom. The molecule has 0 unspecified atom stereocenters. The van der Waals surface area contributed by atoms with Gasteiger partial charge in [0.25, 0.3) is 5.69 Å². The van der Waals surface area contributed by atoms with E-state index in [4.69, 9.17) is 5.26 Å². The predicted octanol–water partition coefficient (Wildman–Crippen LogP) is 2.23. The van der Waals surface area contributed by atoms with Gasteiger partial charge in [-0.2, -0.15) is 5.26 Å². The second kappa shape index (κ2) is 4.53. The lowest BCUT2D eigenvalue weighted by Crippen LogP contribution is -2.02. The second-order valence-corrected chi connectivity index (χ2v) is 3.31. The first-order chi connectivity index (χ1) is 7.51. The lowest BCUT2D eigenvalue weighted by Gasteiger charge is -2.04. The predicted molar refractivity (Wildman–Crippen MR) is 57.2 cm³/mol. The molecular formula is C11H10N2O3. The Kier molecular flexibility index (Phi) is 3.36. The third-order valence-corrected chi connectivity index (χ3v) is 2.30. The molecule has 0 aliphatic rings. The van der Waals surface area contributed by atoms with Gasteiger partial charge in [0.2, 0.25) is 0 Å². The van der Waals surface area contributed by atoms with Crippen molar-refractivity contribution in [2.45, 2.75) is 20.3 Å². The Morgan fingerprint density at radius 2 is 2.19 bits per heavy atom. The number of nitro benzene ring substituents is 1. The molecule has 5 heteroatoms. The number of carbonyl (C=O) groups is 1. The summed E-state index contributed by atoms with van der Waals surface area (Å²) in [5.74, 6) is -0.345. The van der Waals surface area contributed by atoms with Crippen molar-refractivity contribution in [1.29, 1.82) is 5.26 Å². The number of hydrogen-bond acceptors (Lipinski definition) is 4. The molecule has 0 saturated carbocycles. The van der Waals surface area contributed by atoms with Crippen LogP contribution < -0.4 is 0 Å². The van der Waals surface area contributed by atoms with Gasteiger partial charge in [0, 0.05) is 17.2 Å². The van der Waals surface area contributed by atoms with E-state index in [1.54, 1.807) is 6.92 Å². The van der Waals surface area contributed by atoms with Crippen LogP contribution in [0.5, 0.6) is 0 Å². The van der Waals surface area contributed by atoms with E-state index in [1.165, 1.54) is 19.1 Å². The maximum absolute atomic E-state index is 11.2. The highest BCUT2D eigenvalue weighted by atomic mass is 16.6. The summed E-state index contributed by atoms with van der Waals surface area (Å²) in [5, 5.41) is 19.6. The molecule has 0 N–H and O–H groups in total. The van der Waals surface area contributed by atoms with Crippen molar-refractivity contribution in [3.05, 3.63) is 38.9 Å². The third kappa shape index (κ3) is 2.06. The lowest BCUT2D eigenvalue weighted by atomic mass is 9.99. The third-order valence-electron chi connectivity index (χ3n) is 2.30. The van der Waals surface area contributed by atoms with Crippen LogP contribution >= 0.6 is 0 Å². The van der Waals surface area contributed by atoms with Crippen LogP contribution in [0.15, 0.2) is 12.1 Å². The maximum atomic E-state index is 11.2. The highest BCUT2D eigenvalue weighted by molar-refractivity contribution is 5.97. The average Bonchev–Trinajstić information content (AvgIpc) is 2.26. The highest BCUT2D eigenvalue weighted by Crippen LogP contribution is 2.24. The van der Waals surface area contributed by atoms with E-state index < -0.39 is 4.92 Å². The minimum atomic E-state index is -0.535. The lowest BCUT2D eigenvalue weighted by molar-refractivity contribution is -0.385. The molecule has 1 rings (SSSR count). The molecule has 0 aliphatic carbocycles. The SMILES string of the molecule is CCc1cc(C#N)c(C(C)=O)cc1[N+](=O)[O-]. The van der Waals surface area contributed by atoms with Crippen LogP contribution in [0.2, 0.25) is 0 Å². The van der Waals surface area contributed by atoms with Crippen molar-refractivity contribution in [2.75, 3.05) is 0 Å². The van der Waals surface area contributed by atoms with E-state index in [1.807, 2.05) is 6.07 Å². The summed E-state index contributed by atoms with van der Waals surface area (Å²) in [6.45, 7) is 3.04. The number of aryl methyl sites for hydroxylation is 1. The fourth-order valence-corrected chi connectivity index (χ4v) is 1.47. The van der Waals surface area contributed by atoms with Gasteiger partial charge in [0.05, 0.1) is 16.6 Å². The van der Waals surface area contributed by atoms with Crippen LogP contribution in [0.3, 0.4) is 0 Å². The van der Waals surface area contributed by atoms with Crippen LogP contribution in [0.1, 0.15) is 35.3 Å². The number of hydrogen-bond donors (Lipinski definition) is 0. The minimum absolute atomic E-state index is 0.103. The topological polar surface area (TPSA) is 84.0 Å². The Bertz CT molecular complexity index is 501. The number of nitro groups is 1. The molecule has 0 radical (unpaired) electrons. The molecule has 0 fully saturated rings. The molecule has 0 amide bonds. The molecule has 0 aromatic heterocycles. The zero-order chi connectivity index (χ0) is 12.3. The molecule has 0 aliphatic heterocycles. The molecule has 5 nitrogen and oxygen atoms in total. The molecule has 0 saturated heterocycles. The number of carbonyl (C=O) groups excluding carboxylic acids is 1. The van der Waals surface area contributed by atoms with Crippen LogP contribution in [-0.2, 0) is 6.42 Å². The van der Waals surface area contributed by atoms with Crippen molar-refractivity contribution in [2.24, 2.45) is 0 Å². The quantitative estimate of drug-likeness (QED) is 0.442. The number of Topliss-reactive ketones (excluding diaryl/α,β-unsaturated/α-hetero) is 1. The van der Waals surface area contributed by atoms with Crippen LogP contribution in [0.25, 0.3) is 0 Å². The molecular weight excluding hydrogens is 208 g/mol. The standard InChI is InChI=1S/C11H10N2O3/c1-3-8-4-9(6-12)10(7(2)14)5-11(8)13(15)16/h4-5H,3H2,1-2H3. The zero-order valence-electron chi connectivity index (χ0n) is 8.98. The van der Waals surface area contributed by atoms with E-state index in [9.17, 15) is 14.9 Å². The van der Waals surface area contributed by atoms with Crippen molar-refractivity contribution >= 4 is 11.5 Å². The Morgan fingerprint density at radius 1 is 1.56 bits per heavy atom. The highest BCUT2D eigenvalue weighted by Gasteiger charge is 2.18. The van der Waals surface area contributed by atoms with Gasteiger partial charge in [-0.3, -0.25) is 14.9 Å². The van der Waals surface area contributed by atoms with Gasteiger partial charge >= 0.3 is 0 Å². The summed E-state index contributed by atoms with van der Waals surface area (Å²) in [6.07, 6.45) is 0.448. The monoisotopic (exact) mass is 218 g/mol. The number of ketones is 1.